The molecule has 0 rings (SSSR count). The molecule has 0 aromatic heterocycles. The molecule has 0 atom stereocenters. The van der Waals surface area contributed by atoms with Gasteiger partial charge in [-0.2, -0.15) is 136 Å². The highest BCUT2D eigenvalue weighted by Gasteiger charge is 3.06. The van der Waals surface area contributed by atoms with Crippen LogP contribution in [0.5, 0.6) is 0 Å². The Morgan fingerprint density at radius 1 is 0.159 bits per heavy atom. The number of halogens is 43. The van der Waals surface area contributed by atoms with E-state index in [-0.39, 0.29) is 12.4 Å². The van der Waals surface area contributed by atoms with E-state index in [2.05, 4.69) is 0 Å². The lowest BCUT2D eigenvalue weighted by molar-refractivity contribution is -1.22. The molecule has 382 valence electrons. The number of hydrogen-bond donors (Lipinski definition) is 0. The highest BCUT2D eigenvalue weighted by Crippen LogP contribution is 2.71. The lowest BCUT2D eigenvalue weighted by Crippen LogP contribution is -3.00. The Hall–Kier alpha value is -2.69. The number of quaternary nitrogens is 1. The largest absolute Gasteiger partial charge is 1.00 e. The van der Waals surface area contributed by atoms with Gasteiger partial charge in [-0.15, -0.1) is 48.3 Å². The van der Waals surface area contributed by atoms with Crippen LogP contribution in [-0.2, 0) is 0 Å². The first-order valence-electron chi connectivity index (χ1n) is 12.6. The Morgan fingerprint density at radius 2 is 0.270 bits per heavy atom. The minimum Gasteiger partial charge on any atom is -1.00 e. The fourth-order valence-corrected chi connectivity index (χ4v) is 3.85. The Balaban J connectivity index is 0. The minimum absolute atomic E-state index is 0. The molecule has 0 unspecified atom stereocenters. The van der Waals surface area contributed by atoms with Crippen LogP contribution in [0.2, 0.25) is 0 Å². The van der Waals surface area contributed by atoms with Gasteiger partial charge in [-0.05, 0) is 0 Å². The molecule has 0 aliphatic heterocycles. The Kier molecular flexibility index (Phi) is 14.5. The second-order valence-corrected chi connectivity index (χ2v) is 11.2. The third-order valence-corrected chi connectivity index (χ3v) is 7.42. The van der Waals surface area contributed by atoms with Crippen LogP contribution in [0.1, 0.15) is 0 Å². The quantitative estimate of drug-likeness (QED) is 0.0871. The Bertz CT molecular complexity index is 1590. The minimum atomic E-state index is -10.7. The van der Waals surface area contributed by atoms with E-state index in [9.17, 15) is 184 Å². The fourth-order valence-electron chi connectivity index (χ4n) is 3.85. The van der Waals surface area contributed by atoms with Gasteiger partial charge in [0.1, 0.15) is 0 Å². The average molecular weight is 1080 g/mol. The molecule has 0 amide bonds. The summed E-state index contributed by atoms with van der Waals surface area (Å²) in [4.78, 5) is 0. The summed E-state index contributed by atoms with van der Waals surface area (Å²) >= 11 is 0. The van der Waals surface area contributed by atoms with Gasteiger partial charge in [-0.1, -0.05) is 0 Å². The molecule has 0 saturated heterocycles. The van der Waals surface area contributed by atoms with Crippen molar-refractivity contribution in [3.8, 4) is 0 Å². The summed E-state index contributed by atoms with van der Waals surface area (Å²) in [5, 5.41) is 0. The third-order valence-electron chi connectivity index (χ3n) is 7.42. The van der Waals surface area contributed by atoms with Crippen LogP contribution in [0.3, 0.4) is 0 Å². The smallest absolute Gasteiger partial charge is 0.581 e. The predicted molar refractivity (Wildman–Crippen MR) is 98.7 cm³/mol. The standard InChI is InChI=1S/C19F42N.ClH/c20-1(21,3(24,25)5(28,29)7(32,33)9(36,37)11(40,41)13(44,45)15(48,49)50)2(22,23)4(26,27)6(30,31)8(34,35)10(38,39)12(42,43)14(46,47)16(51,52)62(17(53,54)55,18(56,57)58)19(59,60)61;/h;1H/q+1;/p-1. The molecular formula is C19ClF42N. The molecule has 0 bridgehead atoms. The maximum Gasteiger partial charge on any atom is 0.581 e. The zero-order chi connectivity index (χ0) is 52.0. The van der Waals surface area contributed by atoms with Crippen molar-refractivity contribution < 1.29 is 201 Å². The van der Waals surface area contributed by atoms with Crippen LogP contribution in [0.25, 0.3) is 0 Å². The molecule has 44 heteroatoms. The normalized spacial score (nSPS) is 17.2. The second kappa shape index (κ2) is 14.7. The molecule has 0 aromatic rings. The van der Waals surface area contributed by atoms with Crippen molar-refractivity contribution in [3.63, 3.8) is 0 Å². The van der Waals surface area contributed by atoms with Gasteiger partial charge >= 0.3 is 114 Å². The van der Waals surface area contributed by atoms with Crippen molar-refractivity contribution in [2.45, 2.75) is 114 Å². The van der Waals surface area contributed by atoms with Gasteiger partial charge in [0.15, 0.2) is 0 Å². The Morgan fingerprint density at radius 3 is 0.381 bits per heavy atom. The molecule has 0 aliphatic carbocycles. The first-order chi connectivity index (χ1) is 25.8. The predicted octanol–water partition coefficient (Wildman–Crippen LogP) is 10.4. The molecule has 0 N–H and O–H groups in total. The maximum atomic E-state index is 14.0. The molecule has 1 nitrogen and oxygen atoms in total. The summed E-state index contributed by atoms with van der Waals surface area (Å²) in [6.45, 7) is 0. The van der Waals surface area contributed by atoms with Crippen LogP contribution in [-0.4, -0.2) is 119 Å². The van der Waals surface area contributed by atoms with Gasteiger partial charge in [0.25, 0.3) is 0 Å². The molecule has 0 saturated carbocycles. The summed E-state index contributed by atoms with van der Waals surface area (Å²) in [7, 11) is 0. The van der Waals surface area contributed by atoms with Crippen LogP contribution in [0.15, 0.2) is 0 Å². The number of alkyl halides is 42. The first-order valence-corrected chi connectivity index (χ1v) is 12.6. The zero-order valence-electron chi connectivity index (χ0n) is 26.2. The summed E-state index contributed by atoms with van der Waals surface area (Å²) in [5.41, 5.74) is 0. The van der Waals surface area contributed by atoms with E-state index in [1.165, 1.54) is 0 Å². The summed E-state index contributed by atoms with van der Waals surface area (Å²) in [5.74, 6) is -145. The van der Waals surface area contributed by atoms with E-state index in [0.29, 0.717) is 0 Å². The van der Waals surface area contributed by atoms with Crippen molar-refractivity contribution in [2.24, 2.45) is 0 Å². The van der Waals surface area contributed by atoms with Crippen molar-refractivity contribution in [3.05, 3.63) is 0 Å². The van der Waals surface area contributed by atoms with Crippen LogP contribution in [0, 0.1) is 0 Å². The molecule has 0 spiro atoms. The molecule has 63 heavy (non-hydrogen) atoms. The van der Waals surface area contributed by atoms with Crippen molar-refractivity contribution in [1.82, 2.24) is 0 Å². The van der Waals surface area contributed by atoms with Gasteiger partial charge in [0.2, 0.25) is 0 Å². The zero-order valence-corrected chi connectivity index (χ0v) is 27.0. The fraction of sp³-hybridized carbons (Fsp3) is 1.00. The number of hydrogen-bond acceptors (Lipinski definition) is 0. The topological polar surface area (TPSA) is 0 Å². The molecule has 0 aromatic carbocycles. The SMILES string of the molecule is FC(F)(F)C(F)(F)C(F)(F)C(F)(F)C(F)(F)C(F)(F)C(F)(F)C(F)(F)C(F)(F)C(F)(F)C(F)(F)C(F)(F)C(F)(F)C(F)(F)C(F)(F)C(F)(F)[N+](C(F)(F)F)(C(F)(F)F)C(F)(F)F.[Cl-]. The lowest BCUT2D eigenvalue weighted by Gasteiger charge is -2.48. The highest BCUT2D eigenvalue weighted by molar-refractivity contribution is 5.22. The molecule has 0 aliphatic rings. The maximum absolute atomic E-state index is 14.0. The van der Waals surface area contributed by atoms with Gasteiger partial charge < -0.3 is 12.4 Å². The van der Waals surface area contributed by atoms with E-state index < -0.39 is 119 Å². The van der Waals surface area contributed by atoms with Crippen LogP contribution < -0.4 is 12.4 Å². The van der Waals surface area contributed by atoms with Crippen molar-refractivity contribution >= 4 is 0 Å². The number of nitrogens with zero attached hydrogens (tertiary/aromatic N) is 1. The van der Waals surface area contributed by atoms with Gasteiger partial charge in [0, 0.05) is 4.48 Å². The molecule has 0 fully saturated rings. The van der Waals surface area contributed by atoms with E-state index >= 15 is 0 Å². The molecular weight excluding hydrogens is 1080 g/mol. The van der Waals surface area contributed by atoms with Crippen molar-refractivity contribution in [1.29, 1.82) is 0 Å². The molecule has 0 heterocycles. The third kappa shape index (κ3) is 6.88. The van der Waals surface area contributed by atoms with Gasteiger partial charge in [0.05, 0.1) is 0 Å². The molecule has 0 radical (unpaired) electrons. The highest BCUT2D eigenvalue weighted by atomic mass is 35.5. The monoisotopic (exact) mass is 1070 g/mol. The summed E-state index contributed by atoms with van der Waals surface area (Å²) < 4.78 is 554. The first kappa shape index (κ1) is 62.4. The summed E-state index contributed by atoms with van der Waals surface area (Å²) in [6, 6.07) is -10.6. The van der Waals surface area contributed by atoms with Gasteiger partial charge in [-0.25, -0.2) is 0 Å². The lowest BCUT2D eigenvalue weighted by atomic mass is 9.83. The van der Waals surface area contributed by atoms with Crippen LogP contribution in [0.4, 0.5) is 184 Å². The van der Waals surface area contributed by atoms with Crippen molar-refractivity contribution in [2.75, 3.05) is 0 Å². The second-order valence-electron chi connectivity index (χ2n) is 11.2. The van der Waals surface area contributed by atoms with E-state index in [0.717, 1.165) is 0 Å². The number of rotatable bonds is 15. The average Bonchev–Trinajstić information content (AvgIpc) is 2.96. The van der Waals surface area contributed by atoms with E-state index in [1.807, 2.05) is 0 Å². The summed E-state index contributed by atoms with van der Waals surface area (Å²) in [6.07, 6.45) is -37.2. The van der Waals surface area contributed by atoms with Crippen LogP contribution >= 0.6 is 0 Å². The Labute approximate surface area is 316 Å². The van der Waals surface area contributed by atoms with Gasteiger partial charge in [-0.3, -0.25) is 0 Å². The van der Waals surface area contributed by atoms with E-state index in [1.54, 1.807) is 0 Å². The van der Waals surface area contributed by atoms with E-state index in [4.69, 9.17) is 0 Å².